The Hall–Kier alpha value is -2.33. The third-order valence-electron chi connectivity index (χ3n) is 3.39. The van der Waals surface area contributed by atoms with Crippen LogP contribution in [0.4, 0.5) is 5.82 Å². The summed E-state index contributed by atoms with van der Waals surface area (Å²) in [6, 6.07) is 11.6. The first-order valence-corrected chi connectivity index (χ1v) is 6.96. The average Bonchev–Trinajstić information content (AvgIpc) is 2.75. The van der Waals surface area contributed by atoms with Gasteiger partial charge in [0.2, 0.25) is 0 Å². The third-order valence-corrected chi connectivity index (χ3v) is 3.71. The van der Waals surface area contributed by atoms with Crippen molar-refractivity contribution in [1.82, 2.24) is 14.8 Å². The summed E-state index contributed by atoms with van der Waals surface area (Å²) in [4.78, 5) is 4.38. The summed E-state index contributed by atoms with van der Waals surface area (Å²) in [6.45, 7) is 2.00. The molecule has 2 aromatic heterocycles. The van der Waals surface area contributed by atoms with E-state index in [9.17, 15) is 0 Å². The van der Waals surface area contributed by atoms with Crippen LogP contribution < -0.4 is 5.73 Å². The van der Waals surface area contributed by atoms with Crippen molar-refractivity contribution < 1.29 is 0 Å². The molecule has 2 heterocycles. The normalized spacial score (nSPS) is 10.8. The zero-order chi connectivity index (χ0) is 15.0. The van der Waals surface area contributed by atoms with Crippen LogP contribution in [0.2, 0.25) is 5.02 Å². The zero-order valence-corrected chi connectivity index (χ0v) is 12.6. The minimum atomic E-state index is 0.570. The molecule has 4 nitrogen and oxygen atoms in total. The van der Waals surface area contributed by atoms with Gasteiger partial charge in [0.25, 0.3) is 0 Å². The van der Waals surface area contributed by atoms with Crippen molar-refractivity contribution in [1.29, 1.82) is 0 Å². The summed E-state index contributed by atoms with van der Waals surface area (Å²) >= 11 is 6.37. The Balaban J connectivity index is 2.27. The number of benzene rings is 1. The van der Waals surface area contributed by atoms with Gasteiger partial charge in [0.15, 0.2) is 0 Å². The molecule has 0 atom stereocenters. The highest BCUT2D eigenvalue weighted by Gasteiger charge is 2.19. The lowest BCUT2D eigenvalue weighted by Gasteiger charge is -2.06. The molecule has 3 rings (SSSR count). The van der Waals surface area contributed by atoms with E-state index < -0.39 is 0 Å². The first-order chi connectivity index (χ1) is 10.1. The van der Waals surface area contributed by atoms with E-state index in [4.69, 9.17) is 17.3 Å². The second-order valence-electron chi connectivity index (χ2n) is 4.93. The Kier molecular flexibility index (Phi) is 3.39. The largest absolute Gasteiger partial charge is 0.383 e. The molecule has 0 radical (unpaired) electrons. The standard InChI is InChI=1S/C16H15ClN4/c1-10-6-7-11(12(17)9-10)15-14(16(18)21(2)20-15)13-5-3-4-8-19-13/h3-9H,18H2,1-2H3. The van der Waals surface area contributed by atoms with E-state index in [-0.39, 0.29) is 0 Å². The van der Waals surface area contributed by atoms with Crippen molar-refractivity contribution in [3.05, 3.63) is 53.2 Å². The van der Waals surface area contributed by atoms with Gasteiger partial charge in [0.1, 0.15) is 11.5 Å². The number of rotatable bonds is 2. The van der Waals surface area contributed by atoms with Gasteiger partial charge >= 0.3 is 0 Å². The number of aromatic nitrogens is 3. The Morgan fingerprint density at radius 3 is 2.67 bits per heavy atom. The summed E-state index contributed by atoms with van der Waals surface area (Å²) in [5.74, 6) is 0.570. The number of nitrogen functional groups attached to an aromatic ring is 1. The number of nitrogens with two attached hydrogens (primary N) is 1. The molecule has 0 bridgehead atoms. The molecular formula is C16H15ClN4. The zero-order valence-electron chi connectivity index (χ0n) is 11.8. The van der Waals surface area contributed by atoms with Crippen molar-refractivity contribution in [3.63, 3.8) is 0 Å². The Labute approximate surface area is 128 Å². The van der Waals surface area contributed by atoms with Gasteiger partial charge in [-0.2, -0.15) is 5.10 Å². The maximum absolute atomic E-state index is 6.37. The molecule has 0 amide bonds. The van der Waals surface area contributed by atoms with E-state index in [1.165, 1.54) is 0 Å². The van der Waals surface area contributed by atoms with Gasteiger partial charge in [-0.25, -0.2) is 0 Å². The van der Waals surface area contributed by atoms with Crippen LogP contribution in [-0.4, -0.2) is 14.8 Å². The number of pyridine rings is 1. The fourth-order valence-electron chi connectivity index (χ4n) is 2.30. The van der Waals surface area contributed by atoms with E-state index in [0.29, 0.717) is 10.8 Å². The first-order valence-electron chi connectivity index (χ1n) is 6.58. The first kappa shape index (κ1) is 13.6. The molecule has 2 N–H and O–H groups in total. The summed E-state index contributed by atoms with van der Waals surface area (Å²) in [5.41, 5.74) is 10.5. The van der Waals surface area contributed by atoms with Crippen molar-refractivity contribution >= 4 is 17.4 Å². The molecular weight excluding hydrogens is 284 g/mol. The monoisotopic (exact) mass is 298 g/mol. The molecule has 106 valence electrons. The van der Waals surface area contributed by atoms with E-state index in [2.05, 4.69) is 10.1 Å². The van der Waals surface area contributed by atoms with Crippen molar-refractivity contribution in [3.8, 4) is 22.5 Å². The second-order valence-corrected chi connectivity index (χ2v) is 5.34. The summed E-state index contributed by atoms with van der Waals surface area (Å²) in [7, 11) is 1.81. The number of aryl methyl sites for hydroxylation is 2. The molecule has 0 aliphatic carbocycles. The highest BCUT2D eigenvalue weighted by Crippen LogP contribution is 2.37. The number of nitrogens with zero attached hydrogens (tertiary/aromatic N) is 3. The van der Waals surface area contributed by atoms with Crippen molar-refractivity contribution in [2.45, 2.75) is 6.92 Å². The van der Waals surface area contributed by atoms with Gasteiger partial charge in [-0.15, -0.1) is 0 Å². The minimum Gasteiger partial charge on any atom is -0.383 e. The average molecular weight is 299 g/mol. The van der Waals surface area contributed by atoms with E-state index in [1.807, 2.05) is 50.4 Å². The van der Waals surface area contributed by atoms with Crippen LogP contribution in [-0.2, 0) is 7.05 Å². The van der Waals surface area contributed by atoms with Gasteiger partial charge in [0.05, 0.1) is 16.3 Å². The van der Waals surface area contributed by atoms with Crippen LogP contribution in [0.5, 0.6) is 0 Å². The molecule has 0 unspecified atom stereocenters. The molecule has 0 spiro atoms. The van der Waals surface area contributed by atoms with Gasteiger partial charge in [-0.1, -0.05) is 29.8 Å². The number of hydrogen-bond acceptors (Lipinski definition) is 3. The molecule has 0 aliphatic heterocycles. The second kappa shape index (κ2) is 5.22. The van der Waals surface area contributed by atoms with Gasteiger partial charge in [-0.05, 0) is 30.7 Å². The quantitative estimate of drug-likeness (QED) is 0.785. The lowest BCUT2D eigenvalue weighted by molar-refractivity contribution is 0.782. The van der Waals surface area contributed by atoms with Crippen molar-refractivity contribution in [2.75, 3.05) is 5.73 Å². The van der Waals surface area contributed by atoms with Gasteiger partial charge < -0.3 is 5.73 Å². The Bertz CT molecular complexity index is 794. The predicted octanol–water partition coefficient (Wildman–Crippen LogP) is 3.69. The fourth-order valence-corrected chi connectivity index (χ4v) is 2.63. The van der Waals surface area contributed by atoms with Crippen LogP contribution in [0.25, 0.3) is 22.5 Å². The van der Waals surface area contributed by atoms with Crippen molar-refractivity contribution in [2.24, 2.45) is 7.05 Å². The van der Waals surface area contributed by atoms with Gasteiger partial charge in [0, 0.05) is 18.8 Å². The highest BCUT2D eigenvalue weighted by molar-refractivity contribution is 6.33. The SMILES string of the molecule is Cc1ccc(-c2nn(C)c(N)c2-c2ccccn2)c(Cl)c1. The van der Waals surface area contributed by atoms with Crippen LogP contribution in [0.1, 0.15) is 5.56 Å². The van der Waals surface area contributed by atoms with Gasteiger partial charge in [-0.3, -0.25) is 9.67 Å². The molecule has 0 saturated carbocycles. The summed E-state index contributed by atoms with van der Waals surface area (Å²) in [5, 5.41) is 5.17. The lowest BCUT2D eigenvalue weighted by atomic mass is 10.0. The number of halogens is 1. The Morgan fingerprint density at radius 2 is 2.00 bits per heavy atom. The van der Waals surface area contributed by atoms with Crippen LogP contribution >= 0.6 is 11.6 Å². The predicted molar refractivity (Wildman–Crippen MR) is 86.0 cm³/mol. The fraction of sp³-hybridized carbons (Fsp3) is 0.125. The topological polar surface area (TPSA) is 56.7 Å². The Morgan fingerprint density at radius 1 is 1.19 bits per heavy atom. The molecule has 21 heavy (non-hydrogen) atoms. The van der Waals surface area contributed by atoms with E-state index in [0.717, 1.165) is 28.1 Å². The third kappa shape index (κ3) is 2.38. The minimum absolute atomic E-state index is 0.570. The maximum Gasteiger partial charge on any atom is 0.131 e. The van der Waals surface area contributed by atoms with E-state index >= 15 is 0 Å². The number of hydrogen-bond donors (Lipinski definition) is 1. The molecule has 1 aromatic carbocycles. The smallest absolute Gasteiger partial charge is 0.131 e. The maximum atomic E-state index is 6.37. The molecule has 3 aromatic rings. The molecule has 0 saturated heterocycles. The number of anilines is 1. The van der Waals surface area contributed by atoms with E-state index in [1.54, 1.807) is 10.9 Å². The van der Waals surface area contributed by atoms with Crippen LogP contribution in [0.3, 0.4) is 0 Å². The summed E-state index contributed by atoms with van der Waals surface area (Å²) in [6.07, 6.45) is 1.74. The molecule has 0 aliphatic rings. The molecule has 0 fully saturated rings. The highest BCUT2D eigenvalue weighted by atomic mass is 35.5. The van der Waals surface area contributed by atoms with Crippen LogP contribution in [0, 0.1) is 6.92 Å². The summed E-state index contributed by atoms with van der Waals surface area (Å²) < 4.78 is 1.65. The lowest BCUT2D eigenvalue weighted by Crippen LogP contribution is -1.98. The van der Waals surface area contributed by atoms with Crippen LogP contribution in [0.15, 0.2) is 42.6 Å². The molecule has 5 heteroatoms.